The molecular formula is C11H12N2O2. The normalized spacial score (nSPS) is 10.7. The number of aromatic carboxylic acids is 1. The number of nitrogens with two attached hydrogens (primary N) is 1. The van der Waals surface area contributed by atoms with Crippen LogP contribution in [0.5, 0.6) is 0 Å². The number of hydrogen-bond donors (Lipinski definition) is 2. The van der Waals surface area contributed by atoms with Gasteiger partial charge in [0.05, 0.1) is 5.56 Å². The molecule has 0 fully saturated rings. The Morgan fingerprint density at radius 3 is 2.87 bits per heavy atom. The van der Waals surface area contributed by atoms with Crippen LogP contribution in [0.25, 0.3) is 10.9 Å². The lowest BCUT2D eigenvalue weighted by molar-refractivity contribution is 0.0697. The molecule has 15 heavy (non-hydrogen) atoms. The first-order valence-corrected chi connectivity index (χ1v) is 4.74. The van der Waals surface area contributed by atoms with Gasteiger partial charge in [-0.25, -0.2) is 4.79 Å². The topological polar surface area (TPSA) is 68.2 Å². The molecule has 0 aliphatic rings. The Hall–Kier alpha value is -1.81. The SMILES string of the molecule is NCCn1ccc2ccc(C(=O)O)cc21. The number of rotatable bonds is 3. The van der Waals surface area contributed by atoms with Crippen molar-refractivity contribution in [2.45, 2.75) is 6.54 Å². The van der Waals surface area contributed by atoms with Crippen LogP contribution < -0.4 is 5.73 Å². The third-order valence-electron chi connectivity index (χ3n) is 2.39. The average Bonchev–Trinajstić information content (AvgIpc) is 2.61. The largest absolute Gasteiger partial charge is 0.478 e. The highest BCUT2D eigenvalue weighted by Crippen LogP contribution is 2.17. The molecule has 0 spiro atoms. The predicted molar refractivity (Wildman–Crippen MR) is 58.0 cm³/mol. The molecule has 0 aliphatic carbocycles. The Kier molecular flexibility index (Phi) is 2.43. The molecule has 0 radical (unpaired) electrons. The van der Waals surface area contributed by atoms with E-state index >= 15 is 0 Å². The zero-order valence-electron chi connectivity index (χ0n) is 8.18. The maximum atomic E-state index is 10.8. The number of carboxylic acids is 1. The van der Waals surface area contributed by atoms with Crippen molar-refractivity contribution >= 4 is 16.9 Å². The minimum absolute atomic E-state index is 0.305. The number of carbonyl (C=O) groups is 1. The van der Waals surface area contributed by atoms with Crippen LogP contribution in [0.3, 0.4) is 0 Å². The molecule has 0 saturated heterocycles. The minimum Gasteiger partial charge on any atom is -0.478 e. The Morgan fingerprint density at radius 2 is 2.20 bits per heavy atom. The van der Waals surface area contributed by atoms with E-state index in [0.717, 1.165) is 10.9 Å². The molecule has 1 heterocycles. The molecule has 0 saturated carbocycles. The minimum atomic E-state index is -0.905. The van der Waals surface area contributed by atoms with Gasteiger partial charge in [0.1, 0.15) is 0 Å². The summed E-state index contributed by atoms with van der Waals surface area (Å²) in [4.78, 5) is 10.8. The van der Waals surface area contributed by atoms with Crippen molar-refractivity contribution in [2.24, 2.45) is 5.73 Å². The Morgan fingerprint density at radius 1 is 1.40 bits per heavy atom. The predicted octanol–water partition coefficient (Wildman–Crippen LogP) is 1.30. The van der Waals surface area contributed by atoms with Crippen molar-refractivity contribution < 1.29 is 9.90 Å². The fourth-order valence-electron chi connectivity index (χ4n) is 1.65. The summed E-state index contributed by atoms with van der Waals surface area (Å²) >= 11 is 0. The second-order valence-corrected chi connectivity index (χ2v) is 3.38. The van der Waals surface area contributed by atoms with Gasteiger partial charge in [-0.1, -0.05) is 6.07 Å². The molecule has 3 N–H and O–H groups in total. The Balaban J connectivity index is 2.56. The Bertz CT molecular complexity index is 502. The molecule has 1 aromatic heterocycles. The van der Waals surface area contributed by atoms with Crippen LogP contribution in [-0.4, -0.2) is 22.2 Å². The van der Waals surface area contributed by atoms with Crippen LogP contribution in [-0.2, 0) is 6.54 Å². The number of fused-ring (bicyclic) bond motifs is 1. The van der Waals surface area contributed by atoms with Gasteiger partial charge in [0.2, 0.25) is 0 Å². The van der Waals surface area contributed by atoms with Crippen LogP contribution in [0.4, 0.5) is 0 Å². The fraction of sp³-hybridized carbons (Fsp3) is 0.182. The molecule has 0 unspecified atom stereocenters. The molecule has 0 aliphatic heterocycles. The van der Waals surface area contributed by atoms with Gasteiger partial charge in [0.25, 0.3) is 0 Å². The van der Waals surface area contributed by atoms with E-state index in [4.69, 9.17) is 10.8 Å². The molecule has 0 bridgehead atoms. The summed E-state index contributed by atoms with van der Waals surface area (Å²) in [7, 11) is 0. The molecule has 4 heteroatoms. The van der Waals surface area contributed by atoms with E-state index in [1.807, 2.05) is 22.9 Å². The standard InChI is InChI=1S/C11H12N2O2/c12-4-6-13-5-3-8-1-2-9(11(14)15)7-10(8)13/h1-3,5,7H,4,6,12H2,(H,14,15). The molecule has 4 nitrogen and oxygen atoms in total. The van der Waals surface area contributed by atoms with Crippen LogP contribution in [0.2, 0.25) is 0 Å². The summed E-state index contributed by atoms with van der Waals surface area (Å²) in [6.45, 7) is 1.24. The van der Waals surface area contributed by atoms with Gasteiger partial charge in [-0.15, -0.1) is 0 Å². The van der Waals surface area contributed by atoms with Crippen molar-refractivity contribution in [3.8, 4) is 0 Å². The van der Waals surface area contributed by atoms with E-state index in [1.54, 1.807) is 12.1 Å². The first-order valence-electron chi connectivity index (χ1n) is 4.74. The van der Waals surface area contributed by atoms with E-state index in [0.29, 0.717) is 18.7 Å². The first kappa shape index (κ1) is 9.73. The monoisotopic (exact) mass is 204 g/mol. The van der Waals surface area contributed by atoms with Gasteiger partial charge in [0.15, 0.2) is 0 Å². The van der Waals surface area contributed by atoms with Gasteiger partial charge in [-0.05, 0) is 23.6 Å². The zero-order chi connectivity index (χ0) is 10.8. The lowest BCUT2D eigenvalue weighted by atomic mass is 10.2. The lowest BCUT2D eigenvalue weighted by Gasteiger charge is -2.03. The summed E-state index contributed by atoms with van der Waals surface area (Å²) in [5, 5.41) is 9.90. The van der Waals surface area contributed by atoms with Crippen LogP contribution in [0, 0.1) is 0 Å². The molecule has 2 rings (SSSR count). The van der Waals surface area contributed by atoms with Gasteiger partial charge in [0, 0.05) is 24.8 Å². The molecule has 2 aromatic rings. The van der Waals surface area contributed by atoms with Crippen molar-refractivity contribution in [3.05, 3.63) is 36.0 Å². The van der Waals surface area contributed by atoms with Crippen LogP contribution >= 0.6 is 0 Å². The summed E-state index contributed by atoms with van der Waals surface area (Å²) in [6, 6.07) is 7.05. The highest BCUT2D eigenvalue weighted by molar-refractivity contribution is 5.93. The van der Waals surface area contributed by atoms with Crippen molar-refractivity contribution in [3.63, 3.8) is 0 Å². The Labute approximate surface area is 86.9 Å². The fourth-order valence-corrected chi connectivity index (χ4v) is 1.65. The molecule has 0 atom stereocenters. The second kappa shape index (κ2) is 3.74. The highest BCUT2D eigenvalue weighted by Gasteiger charge is 2.06. The van der Waals surface area contributed by atoms with Crippen molar-refractivity contribution in [1.29, 1.82) is 0 Å². The van der Waals surface area contributed by atoms with Crippen molar-refractivity contribution in [2.75, 3.05) is 6.54 Å². The number of aromatic nitrogens is 1. The molecule has 78 valence electrons. The van der Waals surface area contributed by atoms with Gasteiger partial charge in [-0.3, -0.25) is 0 Å². The number of nitrogens with zero attached hydrogens (tertiary/aromatic N) is 1. The quantitative estimate of drug-likeness (QED) is 0.791. The molecular weight excluding hydrogens is 192 g/mol. The van der Waals surface area contributed by atoms with Gasteiger partial charge in [-0.2, -0.15) is 0 Å². The highest BCUT2D eigenvalue weighted by atomic mass is 16.4. The third-order valence-corrected chi connectivity index (χ3v) is 2.39. The number of hydrogen-bond acceptors (Lipinski definition) is 2. The summed E-state index contributed by atoms with van der Waals surface area (Å²) in [5.74, 6) is -0.905. The maximum Gasteiger partial charge on any atom is 0.335 e. The van der Waals surface area contributed by atoms with Gasteiger partial charge < -0.3 is 15.4 Å². The van der Waals surface area contributed by atoms with Gasteiger partial charge >= 0.3 is 5.97 Å². The second-order valence-electron chi connectivity index (χ2n) is 3.38. The van der Waals surface area contributed by atoms with Crippen LogP contribution in [0.15, 0.2) is 30.5 Å². The molecule has 0 amide bonds. The maximum absolute atomic E-state index is 10.8. The van der Waals surface area contributed by atoms with E-state index in [1.165, 1.54) is 0 Å². The first-order chi connectivity index (χ1) is 7.22. The van der Waals surface area contributed by atoms with Crippen LogP contribution in [0.1, 0.15) is 10.4 Å². The molecule has 1 aromatic carbocycles. The lowest BCUT2D eigenvalue weighted by Crippen LogP contribution is -2.08. The summed E-state index contributed by atoms with van der Waals surface area (Å²) in [6.07, 6.45) is 1.92. The summed E-state index contributed by atoms with van der Waals surface area (Å²) < 4.78 is 1.96. The van der Waals surface area contributed by atoms with E-state index < -0.39 is 5.97 Å². The van der Waals surface area contributed by atoms with E-state index in [-0.39, 0.29) is 0 Å². The smallest absolute Gasteiger partial charge is 0.335 e. The number of benzene rings is 1. The summed E-state index contributed by atoms with van der Waals surface area (Å²) in [5.41, 5.74) is 6.69. The van der Waals surface area contributed by atoms with E-state index in [9.17, 15) is 4.79 Å². The third kappa shape index (κ3) is 1.71. The van der Waals surface area contributed by atoms with Crippen molar-refractivity contribution in [1.82, 2.24) is 4.57 Å². The number of carboxylic acid groups (broad SMARTS) is 1. The average molecular weight is 204 g/mol. The van der Waals surface area contributed by atoms with E-state index in [2.05, 4.69) is 0 Å². The zero-order valence-corrected chi connectivity index (χ0v) is 8.18.